The predicted octanol–water partition coefficient (Wildman–Crippen LogP) is 2.88. The number of esters is 2. The number of carbonyl (C=O) groups excluding carboxylic acids is 2. The molecule has 0 radical (unpaired) electrons. The molecular formula is C24H30N4O6. The highest BCUT2D eigenvalue weighted by molar-refractivity contribution is 6.16. The molecule has 0 unspecified atom stereocenters. The summed E-state index contributed by atoms with van der Waals surface area (Å²) in [7, 11) is 1.55. The van der Waals surface area contributed by atoms with Crippen molar-refractivity contribution in [3.8, 4) is 17.1 Å². The Kier molecular flexibility index (Phi) is 6.78. The molecule has 182 valence electrons. The summed E-state index contributed by atoms with van der Waals surface area (Å²) in [6.45, 7) is 7.67. The number of benzene rings is 1. The van der Waals surface area contributed by atoms with E-state index in [4.69, 9.17) is 18.6 Å². The van der Waals surface area contributed by atoms with Crippen molar-refractivity contribution in [1.29, 1.82) is 0 Å². The van der Waals surface area contributed by atoms with E-state index < -0.39 is 17.7 Å². The average Bonchev–Trinajstić information content (AvgIpc) is 3.47. The lowest BCUT2D eigenvalue weighted by Crippen LogP contribution is -2.45. The van der Waals surface area contributed by atoms with Crippen LogP contribution in [0.4, 0.5) is 5.69 Å². The Bertz CT molecular complexity index is 1060. The number of oxazole rings is 1. The normalized spacial score (nSPS) is 20.0. The fourth-order valence-corrected chi connectivity index (χ4v) is 4.28. The second-order valence-corrected chi connectivity index (χ2v) is 8.64. The zero-order valence-electron chi connectivity index (χ0n) is 19.8. The van der Waals surface area contributed by atoms with E-state index in [1.807, 2.05) is 0 Å². The summed E-state index contributed by atoms with van der Waals surface area (Å²) in [5, 5.41) is 6.43. The monoisotopic (exact) mass is 470 g/mol. The van der Waals surface area contributed by atoms with E-state index in [1.54, 1.807) is 31.5 Å². The third-order valence-electron chi connectivity index (χ3n) is 5.92. The molecule has 34 heavy (non-hydrogen) atoms. The van der Waals surface area contributed by atoms with E-state index in [0.29, 0.717) is 23.7 Å². The summed E-state index contributed by atoms with van der Waals surface area (Å²) in [6, 6.07) is 5.63. The largest absolute Gasteiger partial charge is 0.496 e. The Labute approximate surface area is 198 Å². The van der Waals surface area contributed by atoms with E-state index in [0.717, 1.165) is 31.5 Å². The number of hydrogen-bond acceptors (Lipinski definition) is 10. The molecule has 2 aromatic rings. The second-order valence-electron chi connectivity index (χ2n) is 8.64. The van der Waals surface area contributed by atoms with Crippen LogP contribution in [0.15, 0.2) is 46.6 Å². The fraction of sp³-hybridized carbons (Fsp3) is 0.458. The van der Waals surface area contributed by atoms with Gasteiger partial charge in [0, 0.05) is 38.2 Å². The molecule has 0 amide bonds. The lowest BCUT2D eigenvalue weighted by molar-refractivity contribution is -0.222. The maximum Gasteiger partial charge on any atom is 0.352 e. The van der Waals surface area contributed by atoms with Crippen molar-refractivity contribution in [2.45, 2.75) is 45.4 Å². The molecule has 10 heteroatoms. The summed E-state index contributed by atoms with van der Waals surface area (Å²) in [5.41, 5.74) is 1.11. The van der Waals surface area contributed by atoms with Gasteiger partial charge in [-0.05, 0) is 38.1 Å². The van der Waals surface area contributed by atoms with Gasteiger partial charge >= 0.3 is 11.9 Å². The smallest absolute Gasteiger partial charge is 0.352 e. The number of anilines is 1. The molecule has 1 aromatic heterocycles. The lowest BCUT2D eigenvalue weighted by Gasteiger charge is -2.31. The van der Waals surface area contributed by atoms with E-state index in [1.165, 1.54) is 20.2 Å². The zero-order valence-corrected chi connectivity index (χ0v) is 19.8. The third kappa shape index (κ3) is 5.01. The molecule has 10 nitrogen and oxygen atoms in total. The van der Waals surface area contributed by atoms with Crippen molar-refractivity contribution in [1.82, 2.24) is 15.2 Å². The lowest BCUT2D eigenvalue weighted by atomic mass is 10.1. The molecule has 2 saturated heterocycles. The van der Waals surface area contributed by atoms with Crippen molar-refractivity contribution < 1.29 is 28.2 Å². The molecule has 2 aliphatic heterocycles. The number of methoxy groups -OCH3 is 1. The van der Waals surface area contributed by atoms with Crippen molar-refractivity contribution in [2.24, 2.45) is 0 Å². The Morgan fingerprint density at radius 1 is 1.26 bits per heavy atom. The first-order valence-electron chi connectivity index (χ1n) is 11.3. The SMILES string of the molecule is CCN1CCC[C@H]1CNC(Nc1ccc(-c2cnco2)c(OC)c1)=C1C(=O)OC(C)(C)OC1=O. The molecule has 1 atom stereocenters. The van der Waals surface area contributed by atoms with Gasteiger partial charge in [-0.15, -0.1) is 0 Å². The van der Waals surface area contributed by atoms with E-state index in [2.05, 4.69) is 27.4 Å². The molecule has 2 fully saturated rings. The number of hydrogen-bond donors (Lipinski definition) is 2. The third-order valence-corrected chi connectivity index (χ3v) is 5.92. The highest BCUT2D eigenvalue weighted by Gasteiger charge is 2.41. The van der Waals surface area contributed by atoms with Crippen LogP contribution in [-0.4, -0.2) is 60.4 Å². The number of carbonyl (C=O) groups is 2. The highest BCUT2D eigenvalue weighted by atomic mass is 16.7. The zero-order chi connectivity index (χ0) is 24.3. The summed E-state index contributed by atoms with van der Waals surface area (Å²) >= 11 is 0. The van der Waals surface area contributed by atoms with Gasteiger partial charge in [-0.2, -0.15) is 0 Å². The molecule has 2 N–H and O–H groups in total. The molecule has 0 aliphatic carbocycles. The van der Waals surface area contributed by atoms with Crippen LogP contribution in [-0.2, 0) is 19.1 Å². The molecule has 0 spiro atoms. The Hall–Kier alpha value is -3.53. The van der Waals surface area contributed by atoms with Crippen molar-refractivity contribution >= 4 is 17.6 Å². The van der Waals surface area contributed by atoms with Gasteiger partial charge in [0.25, 0.3) is 5.79 Å². The maximum atomic E-state index is 12.8. The van der Waals surface area contributed by atoms with Crippen molar-refractivity contribution in [3.05, 3.63) is 42.2 Å². The minimum atomic E-state index is -1.32. The van der Waals surface area contributed by atoms with Gasteiger partial charge in [-0.1, -0.05) is 6.92 Å². The summed E-state index contributed by atoms with van der Waals surface area (Å²) in [6.07, 6.45) is 5.08. The summed E-state index contributed by atoms with van der Waals surface area (Å²) in [5.74, 6) is -1.50. The fourth-order valence-electron chi connectivity index (χ4n) is 4.28. The van der Waals surface area contributed by atoms with Gasteiger partial charge in [0.05, 0.1) is 18.9 Å². The molecule has 0 bridgehead atoms. The van der Waals surface area contributed by atoms with Gasteiger partial charge < -0.3 is 29.3 Å². The molecule has 4 rings (SSSR count). The number of aromatic nitrogens is 1. The quantitative estimate of drug-likeness (QED) is 0.339. The molecule has 1 aromatic carbocycles. The molecule has 0 saturated carbocycles. The maximum absolute atomic E-state index is 12.8. The van der Waals surface area contributed by atoms with E-state index in [-0.39, 0.29) is 17.4 Å². The topological polar surface area (TPSA) is 115 Å². The minimum Gasteiger partial charge on any atom is -0.496 e. The number of likely N-dealkylation sites (tertiary alicyclic amines) is 1. The molecular weight excluding hydrogens is 440 g/mol. The molecule has 3 heterocycles. The number of nitrogens with one attached hydrogen (secondary N) is 2. The standard InChI is InChI=1S/C24H30N4O6/c1-5-28-10-6-7-16(28)12-26-21(20-22(29)33-24(2,3)34-23(20)30)27-15-8-9-17(18(11-15)31-4)19-13-25-14-32-19/h8-9,11,13-14,16,26-27H,5-7,10,12H2,1-4H3/t16-/m0/s1. The first-order valence-corrected chi connectivity index (χ1v) is 11.3. The number of ether oxygens (including phenoxy) is 3. The van der Waals surface area contributed by atoms with Crippen LogP contribution in [0, 0.1) is 0 Å². The predicted molar refractivity (Wildman–Crippen MR) is 124 cm³/mol. The second kappa shape index (κ2) is 9.76. The Morgan fingerprint density at radius 3 is 2.68 bits per heavy atom. The first-order chi connectivity index (χ1) is 16.3. The summed E-state index contributed by atoms with van der Waals surface area (Å²) < 4.78 is 21.6. The van der Waals surface area contributed by atoms with Crippen LogP contribution in [0.3, 0.4) is 0 Å². The Morgan fingerprint density at radius 2 is 2.03 bits per heavy atom. The highest BCUT2D eigenvalue weighted by Crippen LogP contribution is 2.33. The average molecular weight is 471 g/mol. The van der Waals surface area contributed by atoms with Gasteiger partial charge in [0.15, 0.2) is 17.7 Å². The summed E-state index contributed by atoms with van der Waals surface area (Å²) in [4.78, 5) is 31.9. The van der Waals surface area contributed by atoms with Crippen LogP contribution in [0.2, 0.25) is 0 Å². The number of rotatable bonds is 8. The minimum absolute atomic E-state index is 0.210. The molecule has 2 aliphatic rings. The number of likely N-dealkylation sites (N-methyl/N-ethyl adjacent to an activating group) is 1. The van der Waals surface area contributed by atoms with Crippen molar-refractivity contribution in [3.63, 3.8) is 0 Å². The van der Waals surface area contributed by atoms with Crippen LogP contribution in [0.25, 0.3) is 11.3 Å². The van der Waals surface area contributed by atoms with Gasteiger partial charge in [0.1, 0.15) is 11.6 Å². The van der Waals surface area contributed by atoms with Crippen LogP contribution >= 0.6 is 0 Å². The van der Waals surface area contributed by atoms with Crippen LogP contribution < -0.4 is 15.4 Å². The van der Waals surface area contributed by atoms with Gasteiger partial charge in [-0.3, -0.25) is 4.90 Å². The first kappa shape index (κ1) is 23.6. The Balaban J connectivity index is 1.64. The van der Waals surface area contributed by atoms with Crippen molar-refractivity contribution in [2.75, 3.05) is 32.1 Å². The van der Waals surface area contributed by atoms with E-state index in [9.17, 15) is 9.59 Å². The number of cyclic esters (lactones) is 2. The number of nitrogens with zero attached hydrogens (tertiary/aromatic N) is 2. The van der Waals surface area contributed by atoms with E-state index >= 15 is 0 Å². The van der Waals surface area contributed by atoms with Gasteiger partial charge in [0.2, 0.25) is 0 Å². The van der Waals surface area contributed by atoms with Gasteiger partial charge in [-0.25, -0.2) is 14.6 Å². The van der Waals surface area contributed by atoms with Crippen LogP contribution in [0.1, 0.15) is 33.6 Å². The van der Waals surface area contributed by atoms with Crippen LogP contribution in [0.5, 0.6) is 5.75 Å².